The van der Waals surface area contributed by atoms with Crippen LogP contribution >= 0.6 is 0 Å². The number of nitrogens with zero attached hydrogens (tertiary/aromatic N) is 1. The molecule has 1 heterocycles. The highest BCUT2D eigenvalue weighted by atomic mass is 16.5. The van der Waals surface area contributed by atoms with Crippen LogP contribution in [-0.4, -0.2) is 18.6 Å². The fourth-order valence-electron chi connectivity index (χ4n) is 2.18. The second-order valence-electron chi connectivity index (χ2n) is 4.70. The molecule has 1 aromatic carbocycles. The summed E-state index contributed by atoms with van der Waals surface area (Å²) < 4.78 is 5.68. The van der Waals surface area contributed by atoms with E-state index in [2.05, 4.69) is 36.3 Å². The summed E-state index contributed by atoms with van der Waals surface area (Å²) in [5.74, 6) is 1.91. The Morgan fingerprint density at radius 1 is 1.16 bits per heavy atom. The molecule has 1 N–H and O–H groups in total. The monoisotopic (exact) mass is 258 g/mol. The fourth-order valence-corrected chi connectivity index (χ4v) is 2.18. The minimum absolute atomic E-state index is 0.759. The van der Waals surface area contributed by atoms with Crippen LogP contribution in [0.5, 0.6) is 5.75 Å². The average Bonchev–Trinajstić information content (AvgIpc) is 2.44. The predicted octanol–water partition coefficient (Wildman–Crippen LogP) is 4.02. The normalized spacial score (nSPS) is 10.7. The molecule has 102 valence electrons. The molecule has 19 heavy (non-hydrogen) atoms. The van der Waals surface area contributed by atoms with Crippen LogP contribution in [0.15, 0.2) is 24.3 Å². The highest BCUT2D eigenvalue weighted by Crippen LogP contribution is 2.25. The summed E-state index contributed by atoms with van der Waals surface area (Å²) in [6, 6.07) is 8.31. The van der Waals surface area contributed by atoms with E-state index in [1.165, 1.54) is 5.56 Å². The third-order valence-electron chi connectivity index (χ3n) is 3.09. The van der Waals surface area contributed by atoms with Gasteiger partial charge in [0, 0.05) is 12.4 Å². The average molecular weight is 258 g/mol. The molecule has 0 saturated carbocycles. The molecule has 0 aliphatic carbocycles. The maximum Gasteiger partial charge on any atom is 0.129 e. The molecule has 0 atom stereocenters. The lowest BCUT2D eigenvalue weighted by molar-refractivity contribution is 0.318. The third-order valence-corrected chi connectivity index (χ3v) is 3.09. The number of hydrogen-bond acceptors (Lipinski definition) is 3. The molecular weight excluding hydrogens is 236 g/mol. The van der Waals surface area contributed by atoms with Gasteiger partial charge < -0.3 is 10.1 Å². The molecule has 0 aliphatic heterocycles. The van der Waals surface area contributed by atoms with Gasteiger partial charge in [0.2, 0.25) is 0 Å². The van der Waals surface area contributed by atoms with Gasteiger partial charge in [0.05, 0.1) is 12.1 Å². The topological polar surface area (TPSA) is 34.1 Å². The van der Waals surface area contributed by atoms with Gasteiger partial charge in [-0.15, -0.1) is 0 Å². The summed E-state index contributed by atoms with van der Waals surface area (Å²) in [6.07, 6.45) is 3.18. The first-order chi connectivity index (χ1) is 9.28. The van der Waals surface area contributed by atoms with Crippen molar-refractivity contribution in [3.63, 3.8) is 0 Å². The maximum absolute atomic E-state index is 5.68. The van der Waals surface area contributed by atoms with Crippen LogP contribution in [0.2, 0.25) is 0 Å². The van der Waals surface area contributed by atoms with Gasteiger partial charge in [-0.25, -0.2) is 4.98 Å². The Morgan fingerprint density at radius 2 is 2.00 bits per heavy atom. The summed E-state index contributed by atoms with van der Waals surface area (Å²) in [5, 5.41) is 4.33. The Labute approximate surface area is 115 Å². The molecule has 2 rings (SSSR count). The third kappa shape index (κ3) is 3.16. The van der Waals surface area contributed by atoms with Crippen molar-refractivity contribution in [2.45, 2.75) is 33.1 Å². The first-order valence-electron chi connectivity index (χ1n) is 7.02. The number of hydrogen-bond donors (Lipinski definition) is 1. The number of benzene rings is 1. The molecule has 0 fully saturated rings. The molecule has 3 nitrogen and oxygen atoms in total. The van der Waals surface area contributed by atoms with E-state index in [1.54, 1.807) is 0 Å². The lowest BCUT2D eigenvalue weighted by Crippen LogP contribution is -2.00. The molecule has 1 aromatic heterocycles. The van der Waals surface area contributed by atoms with Gasteiger partial charge in [-0.3, -0.25) is 0 Å². The summed E-state index contributed by atoms with van der Waals surface area (Å²) in [5.41, 5.74) is 2.28. The van der Waals surface area contributed by atoms with Gasteiger partial charge in [-0.1, -0.05) is 20.3 Å². The highest BCUT2D eigenvalue weighted by Gasteiger charge is 2.06. The van der Waals surface area contributed by atoms with E-state index in [0.717, 1.165) is 48.3 Å². The molecule has 0 unspecified atom stereocenters. The van der Waals surface area contributed by atoms with Crippen LogP contribution in [0.3, 0.4) is 0 Å². The maximum atomic E-state index is 5.68. The smallest absolute Gasteiger partial charge is 0.129 e. The van der Waals surface area contributed by atoms with Crippen LogP contribution in [0, 0.1) is 0 Å². The van der Waals surface area contributed by atoms with Crippen molar-refractivity contribution in [2.24, 2.45) is 0 Å². The molecular formula is C16H22N2O. The van der Waals surface area contributed by atoms with Crippen molar-refractivity contribution in [3.05, 3.63) is 29.8 Å². The number of pyridine rings is 1. The van der Waals surface area contributed by atoms with Crippen LogP contribution in [0.1, 0.15) is 32.3 Å². The molecule has 0 saturated heterocycles. The Bertz CT molecular complexity index is 552. The van der Waals surface area contributed by atoms with Crippen molar-refractivity contribution in [3.8, 4) is 5.75 Å². The lowest BCUT2D eigenvalue weighted by atomic mass is 10.1. The van der Waals surface area contributed by atoms with E-state index in [9.17, 15) is 0 Å². The largest absolute Gasteiger partial charge is 0.494 e. The summed E-state index contributed by atoms with van der Waals surface area (Å²) >= 11 is 0. The van der Waals surface area contributed by atoms with Crippen molar-refractivity contribution >= 4 is 16.7 Å². The molecule has 0 spiro atoms. The van der Waals surface area contributed by atoms with Gasteiger partial charge in [0.15, 0.2) is 0 Å². The Morgan fingerprint density at radius 3 is 2.68 bits per heavy atom. The summed E-state index contributed by atoms with van der Waals surface area (Å²) in [4.78, 5) is 4.67. The van der Waals surface area contributed by atoms with Crippen molar-refractivity contribution in [2.75, 3.05) is 19.0 Å². The number of aryl methyl sites for hydroxylation is 1. The summed E-state index contributed by atoms with van der Waals surface area (Å²) in [6.45, 7) is 5.06. The van der Waals surface area contributed by atoms with Crippen molar-refractivity contribution in [1.29, 1.82) is 0 Å². The van der Waals surface area contributed by atoms with Crippen LogP contribution < -0.4 is 10.1 Å². The molecule has 0 bridgehead atoms. The quantitative estimate of drug-likeness (QED) is 0.849. The zero-order valence-electron chi connectivity index (χ0n) is 12.0. The molecule has 0 amide bonds. The van der Waals surface area contributed by atoms with E-state index >= 15 is 0 Å². The van der Waals surface area contributed by atoms with E-state index in [4.69, 9.17) is 4.74 Å². The number of aromatic nitrogens is 1. The van der Waals surface area contributed by atoms with Gasteiger partial charge in [0.1, 0.15) is 11.6 Å². The fraction of sp³-hybridized carbons (Fsp3) is 0.438. The van der Waals surface area contributed by atoms with Crippen molar-refractivity contribution in [1.82, 2.24) is 4.98 Å². The second-order valence-corrected chi connectivity index (χ2v) is 4.70. The van der Waals surface area contributed by atoms with Crippen molar-refractivity contribution < 1.29 is 4.74 Å². The molecule has 0 radical (unpaired) electrons. The van der Waals surface area contributed by atoms with Gasteiger partial charge in [0.25, 0.3) is 0 Å². The van der Waals surface area contributed by atoms with Crippen LogP contribution in [-0.2, 0) is 6.42 Å². The lowest BCUT2D eigenvalue weighted by Gasteiger charge is -2.11. The Kier molecular flexibility index (Phi) is 4.61. The number of ether oxygens (including phenoxy) is 1. The number of anilines is 1. The van der Waals surface area contributed by atoms with E-state index in [1.807, 2.05) is 19.2 Å². The van der Waals surface area contributed by atoms with Crippen LogP contribution in [0.4, 0.5) is 5.82 Å². The van der Waals surface area contributed by atoms with E-state index < -0.39 is 0 Å². The zero-order chi connectivity index (χ0) is 13.7. The first kappa shape index (κ1) is 13.7. The number of fused-ring (bicyclic) bond motifs is 1. The molecule has 2 aromatic rings. The first-order valence-corrected chi connectivity index (χ1v) is 7.02. The SMILES string of the molecule is CCCOc1ccc2nc(NC)c(CCC)cc2c1. The summed E-state index contributed by atoms with van der Waals surface area (Å²) in [7, 11) is 1.92. The van der Waals surface area contributed by atoms with Crippen LogP contribution in [0.25, 0.3) is 10.9 Å². The van der Waals surface area contributed by atoms with Gasteiger partial charge >= 0.3 is 0 Å². The van der Waals surface area contributed by atoms with Gasteiger partial charge in [-0.05, 0) is 42.7 Å². The van der Waals surface area contributed by atoms with E-state index in [-0.39, 0.29) is 0 Å². The predicted molar refractivity (Wildman–Crippen MR) is 81.1 cm³/mol. The number of nitrogens with one attached hydrogen (secondary N) is 1. The van der Waals surface area contributed by atoms with E-state index in [0.29, 0.717) is 0 Å². The Hall–Kier alpha value is -1.77. The van der Waals surface area contributed by atoms with Gasteiger partial charge in [-0.2, -0.15) is 0 Å². The molecule has 3 heteroatoms. The Balaban J connectivity index is 2.40. The zero-order valence-corrected chi connectivity index (χ0v) is 12.0. The highest BCUT2D eigenvalue weighted by molar-refractivity contribution is 5.83. The second kappa shape index (κ2) is 6.41. The number of rotatable bonds is 6. The molecule has 0 aliphatic rings. The minimum atomic E-state index is 0.759. The minimum Gasteiger partial charge on any atom is -0.494 e. The standard InChI is InChI=1S/C16H22N2O/c1-4-6-12-10-13-11-14(19-9-5-2)7-8-15(13)18-16(12)17-3/h7-8,10-11H,4-6,9H2,1-3H3,(H,17,18).